The van der Waals surface area contributed by atoms with Crippen LogP contribution in [0.5, 0.6) is 0 Å². The highest BCUT2D eigenvalue weighted by Crippen LogP contribution is 2.30. The van der Waals surface area contributed by atoms with Gasteiger partial charge in [0.05, 0.1) is 12.1 Å². The van der Waals surface area contributed by atoms with Gasteiger partial charge in [-0.3, -0.25) is 4.90 Å². The number of benzene rings is 1. The molecule has 0 fully saturated rings. The smallest absolute Gasteiger partial charge is 0.338 e. The van der Waals surface area contributed by atoms with Crippen molar-refractivity contribution in [3.8, 4) is 0 Å². The van der Waals surface area contributed by atoms with Crippen LogP contribution in [0.15, 0.2) is 46.3 Å². The Bertz CT molecular complexity index is 845. The zero-order chi connectivity index (χ0) is 18.7. The molecule has 0 saturated carbocycles. The molecule has 0 saturated heterocycles. The molecule has 0 aliphatic carbocycles. The fourth-order valence-electron chi connectivity index (χ4n) is 2.56. The van der Waals surface area contributed by atoms with Crippen LogP contribution in [0.1, 0.15) is 40.7 Å². The Morgan fingerprint density at radius 2 is 2.04 bits per heavy atom. The topological polar surface area (TPSA) is 42.2 Å². The Balaban J connectivity index is 1.65. The second-order valence-corrected chi connectivity index (χ2v) is 7.07. The lowest BCUT2D eigenvalue weighted by molar-refractivity contribution is -0.137. The number of hydrogen-bond acceptors (Lipinski definition) is 5. The van der Waals surface area contributed by atoms with E-state index in [4.69, 9.17) is 4.52 Å². The highest BCUT2D eigenvalue weighted by Gasteiger charge is 2.30. The fourth-order valence-corrected chi connectivity index (χ4v) is 3.41. The van der Waals surface area contributed by atoms with E-state index in [1.165, 1.54) is 10.9 Å². The summed E-state index contributed by atoms with van der Waals surface area (Å²) in [5.41, 5.74) is -0.185. The number of aromatic nitrogens is 2. The van der Waals surface area contributed by atoms with Gasteiger partial charge in [0.1, 0.15) is 0 Å². The molecule has 0 aliphatic rings. The Morgan fingerprint density at radius 1 is 1.23 bits per heavy atom. The van der Waals surface area contributed by atoms with Gasteiger partial charge < -0.3 is 4.52 Å². The molecule has 0 N–H and O–H groups in total. The quantitative estimate of drug-likeness (QED) is 0.607. The number of nitrogens with zero attached hydrogens (tertiary/aromatic N) is 3. The minimum atomic E-state index is -4.36. The van der Waals surface area contributed by atoms with Crippen LogP contribution in [0.3, 0.4) is 0 Å². The molecule has 26 heavy (non-hydrogen) atoms. The third kappa shape index (κ3) is 4.50. The molecule has 8 heteroatoms. The molecule has 0 spiro atoms. The van der Waals surface area contributed by atoms with Crippen LogP contribution in [0.4, 0.5) is 13.2 Å². The van der Waals surface area contributed by atoms with Gasteiger partial charge in [-0.25, -0.2) is 0 Å². The van der Waals surface area contributed by atoms with Crippen molar-refractivity contribution < 1.29 is 17.7 Å². The van der Waals surface area contributed by atoms with E-state index in [0.29, 0.717) is 23.8 Å². The van der Waals surface area contributed by atoms with Crippen molar-refractivity contribution in [3.05, 3.63) is 69.5 Å². The molecule has 0 unspecified atom stereocenters. The SMILES string of the molecule is C[C@@H](c1cccs1)N(C)Cc1nc(Cc2cccc(C(F)(F)F)c2)no1. The zero-order valence-corrected chi connectivity index (χ0v) is 15.1. The Hall–Kier alpha value is -2.19. The molecule has 3 aromatic rings. The van der Waals surface area contributed by atoms with Crippen molar-refractivity contribution in [1.29, 1.82) is 0 Å². The maximum Gasteiger partial charge on any atom is 0.416 e. The molecule has 4 nitrogen and oxygen atoms in total. The van der Waals surface area contributed by atoms with E-state index in [-0.39, 0.29) is 12.5 Å². The molecule has 2 heterocycles. The molecular formula is C18H18F3N3OS. The van der Waals surface area contributed by atoms with E-state index in [2.05, 4.69) is 28.0 Å². The van der Waals surface area contributed by atoms with Gasteiger partial charge in [-0.15, -0.1) is 11.3 Å². The number of hydrogen-bond donors (Lipinski definition) is 0. The van der Waals surface area contributed by atoms with Crippen molar-refractivity contribution in [2.75, 3.05) is 7.05 Å². The maximum absolute atomic E-state index is 12.8. The van der Waals surface area contributed by atoms with Crippen LogP contribution in [0.2, 0.25) is 0 Å². The fraction of sp³-hybridized carbons (Fsp3) is 0.333. The first-order valence-corrected chi connectivity index (χ1v) is 8.92. The third-order valence-corrected chi connectivity index (χ3v) is 5.17. The highest BCUT2D eigenvalue weighted by molar-refractivity contribution is 7.10. The molecule has 0 bridgehead atoms. The molecule has 1 atom stereocenters. The van der Waals surface area contributed by atoms with E-state index in [9.17, 15) is 13.2 Å². The first-order valence-electron chi connectivity index (χ1n) is 8.04. The number of alkyl halides is 3. The van der Waals surface area contributed by atoms with Crippen LogP contribution in [-0.4, -0.2) is 22.1 Å². The van der Waals surface area contributed by atoms with Gasteiger partial charge in [-0.2, -0.15) is 18.2 Å². The lowest BCUT2D eigenvalue weighted by Gasteiger charge is -2.21. The summed E-state index contributed by atoms with van der Waals surface area (Å²) in [6, 6.07) is 9.44. The average molecular weight is 381 g/mol. The van der Waals surface area contributed by atoms with Gasteiger partial charge in [-0.1, -0.05) is 29.4 Å². The normalized spacial score (nSPS) is 13.3. The minimum absolute atomic E-state index is 0.192. The van der Waals surface area contributed by atoms with E-state index < -0.39 is 11.7 Å². The van der Waals surface area contributed by atoms with Crippen LogP contribution < -0.4 is 0 Å². The van der Waals surface area contributed by atoms with E-state index in [0.717, 1.165) is 12.1 Å². The van der Waals surface area contributed by atoms with Crippen LogP contribution in [0, 0.1) is 0 Å². The van der Waals surface area contributed by atoms with Gasteiger partial charge in [0.2, 0.25) is 5.89 Å². The minimum Gasteiger partial charge on any atom is -0.338 e. The maximum atomic E-state index is 12.8. The second-order valence-electron chi connectivity index (χ2n) is 6.09. The Morgan fingerprint density at radius 3 is 2.73 bits per heavy atom. The van der Waals surface area contributed by atoms with Gasteiger partial charge in [0.15, 0.2) is 5.82 Å². The number of thiophene rings is 1. The van der Waals surface area contributed by atoms with Crippen LogP contribution in [-0.2, 0) is 19.1 Å². The van der Waals surface area contributed by atoms with E-state index in [1.54, 1.807) is 17.4 Å². The molecule has 1 aromatic carbocycles. The lowest BCUT2D eigenvalue weighted by Crippen LogP contribution is -2.21. The van der Waals surface area contributed by atoms with E-state index >= 15 is 0 Å². The first kappa shape index (κ1) is 18.6. The summed E-state index contributed by atoms with van der Waals surface area (Å²) >= 11 is 1.68. The van der Waals surface area contributed by atoms with Crippen molar-refractivity contribution in [2.24, 2.45) is 0 Å². The Kier molecular flexibility index (Phi) is 5.43. The third-order valence-electron chi connectivity index (χ3n) is 4.13. The molecular weight excluding hydrogens is 363 g/mol. The lowest BCUT2D eigenvalue weighted by atomic mass is 10.1. The van der Waals surface area contributed by atoms with Gasteiger partial charge in [0.25, 0.3) is 0 Å². The largest absolute Gasteiger partial charge is 0.416 e. The first-order chi connectivity index (χ1) is 12.3. The zero-order valence-electron chi connectivity index (χ0n) is 14.3. The van der Waals surface area contributed by atoms with Gasteiger partial charge in [-0.05, 0) is 37.0 Å². The van der Waals surface area contributed by atoms with Gasteiger partial charge in [0, 0.05) is 17.3 Å². The predicted octanol–water partition coefficient (Wildman–Crippen LogP) is 4.93. The number of halogens is 3. The second kappa shape index (κ2) is 7.59. The number of rotatable bonds is 6. The van der Waals surface area contributed by atoms with Gasteiger partial charge >= 0.3 is 6.18 Å². The summed E-state index contributed by atoms with van der Waals surface area (Å²) in [6.07, 6.45) is -4.17. The molecule has 138 valence electrons. The summed E-state index contributed by atoms with van der Waals surface area (Å²) in [5.74, 6) is 0.814. The summed E-state index contributed by atoms with van der Waals surface area (Å²) in [6.45, 7) is 2.56. The predicted molar refractivity (Wildman–Crippen MR) is 92.7 cm³/mol. The summed E-state index contributed by atoms with van der Waals surface area (Å²) in [7, 11) is 1.96. The molecule has 0 aliphatic heterocycles. The summed E-state index contributed by atoms with van der Waals surface area (Å²) in [4.78, 5) is 7.61. The summed E-state index contributed by atoms with van der Waals surface area (Å²) < 4.78 is 43.6. The summed E-state index contributed by atoms with van der Waals surface area (Å²) in [5, 5.41) is 5.91. The van der Waals surface area contributed by atoms with Crippen LogP contribution in [0.25, 0.3) is 0 Å². The molecule has 0 radical (unpaired) electrons. The van der Waals surface area contributed by atoms with E-state index in [1.807, 2.05) is 18.5 Å². The molecule has 3 rings (SSSR count). The highest BCUT2D eigenvalue weighted by atomic mass is 32.1. The average Bonchev–Trinajstić information content (AvgIpc) is 3.26. The van der Waals surface area contributed by atoms with Crippen molar-refractivity contribution >= 4 is 11.3 Å². The monoisotopic (exact) mass is 381 g/mol. The Labute approximate surface area is 153 Å². The van der Waals surface area contributed by atoms with Crippen molar-refractivity contribution in [2.45, 2.75) is 32.1 Å². The molecule has 2 aromatic heterocycles. The standard InChI is InChI=1S/C18H18F3N3OS/c1-12(15-7-4-8-26-15)24(2)11-17-22-16(23-25-17)10-13-5-3-6-14(9-13)18(19,20)21/h3-9,12H,10-11H2,1-2H3/t12-/m0/s1. The van der Waals surface area contributed by atoms with Crippen LogP contribution >= 0.6 is 11.3 Å². The van der Waals surface area contributed by atoms with Crippen molar-refractivity contribution in [1.82, 2.24) is 15.0 Å². The molecule has 0 amide bonds. The van der Waals surface area contributed by atoms with Crippen molar-refractivity contribution in [3.63, 3.8) is 0 Å².